The Morgan fingerprint density at radius 3 is 2.11 bits per heavy atom. The highest BCUT2D eigenvalue weighted by atomic mass is 15.1. The average Bonchev–Trinajstić information content (AvgIpc) is 1.98. The van der Waals surface area contributed by atoms with Gasteiger partial charge in [-0.25, -0.2) is 4.98 Å². The number of nitrogen functional groups attached to an aromatic ring is 1. The van der Waals surface area contributed by atoms with Gasteiger partial charge in [0.25, 0.3) is 0 Å². The van der Waals surface area contributed by atoms with E-state index in [1.165, 1.54) is 0 Å². The summed E-state index contributed by atoms with van der Waals surface area (Å²) in [5, 5.41) is 0. The highest BCUT2D eigenvalue weighted by molar-refractivity contribution is 5.35. The van der Waals surface area contributed by atoms with Crippen LogP contribution in [-0.4, -0.2) is 9.55 Å². The van der Waals surface area contributed by atoms with Crippen molar-refractivity contribution in [3.05, 3.63) is 11.5 Å². The monoisotopic (exact) mass is 125 g/mol. The molecular formula is C6H11N3. The van der Waals surface area contributed by atoms with E-state index in [4.69, 9.17) is 5.73 Å². The summed E-state index contributed by atoms with van der Waals surface area (Å²) in [4.78, 5) is 4.05. The van der Waals surface area contributed by atoms with Crippen LogP contribution in [0.2, 0.25) is 0 Å². The van der Waals surface area contributed by atoms with Crippen molar-refractivity contribution < 1.29 is 0 Å². The molecule has 1 heterocycles. The molecule has 50 valence electrons. The largest absolute Gasteiger partial charge is 0.382 e. The third-order valence-corrected chi connectivity index (χ3v) is 1.64. The summed E-state index contributed by atoms with van der Waals surface area (Å²) in [7, 11) is 1.95. The molecule has 1 rings (SSSR count). The van der Waals surface area contributed by atoms with Crippen LogP contribution in [0.3, 0.4) is 0 Å². The average molecular weight is 125 g/mol. The van der Waals surface area contributed by atoms with Crippen molar-refractivity contribution in [1.82, 2.24) is 9.55 Å². The molecule has 1 aromatic heterocycles. The minimum absolute atomic E-state index is 0.634. The van der Waals surface area contributed by atoms with Crippen molar-refractivity contribution in [3.8, 4) is 0 Å². The van der Waals surface area contributed by atoms with Crippen molar-refractivity contribution in [1.29, 1.82) is 0 Å². The highest BCUT2D eigenvalue weighted by Gasteiger charge is 2.01. The van der Waals surface area contributed by atoms with Crippen LogP contribution < -0.4 is 5.73 Å². The fourth-order valence-corrected chi connectivity index (χ4v) is 0.745. The van der Waals surface area contributed by atoms with Crippen LogP contribution in [0, 0.1) is 13.8 Å². The van der Waals surface area contributed by atoms with Crippen molar-refractivity contribution in [2.24, 2.45) is 7.05 Å². The van der Waals surface area contributed by atoms with Crippen LogP contribution in [0.4, 0.5) is 5.82 Å². The molecule has 1 aromatic rings. The van der Waals surface area contributed by atoms with Gasteiger partial charge < -0.3 is 10.3 Å². The van der Waals surface area contributed by atoms with E-state index in [9.17, 15) is 0 Å². The summed E-state index contributed by atoms with van der Waals surface area (Å²) in [6.45, 7) is 3.89. The lowest BCUT2D eigenvalue weighted by atomic mass is 10.5. The Morgan fingerprint density at radius 2 is 2.00 bits per heavy atom. The Kier molecular flexibility index (Phi) is 1.20. The number of imidazole rings is 1. The molecule has 9 heavy (non-hydrogen) atoms. The first kappa shape index (κ1) is 6.13. The minimum Gasteiger partial charge on any atom is -0.382 e. The molecule has 0 aliphatic rings. The number of rotatable bonds is 0. The molecule has 0 aliphatic carbocycles. The predicted octanol–water partition coefficient (Wildman–Crippen LogP) is 0.619. The number of aromatic nitrogens is 2. The molecule has 3 heteroatoms. The van der Waals surface area contributed by atoms with Gasteiger partial charge in [0.2, 0.25) is 0 Å². The Balaban J connectivity index is 3.29. The maximum atomic E-state index is 5.51. The quantitative estimate of drug-likeness (QED) is 0.552. The maximum Gasteiger partial charge on any atom is 0.144 e. The second-order valence-electron chi connectivity index (χ2n) is 2.19. The van der Waals surface area contributed by atoms with Gasteiger partial charge in [-0.2, -0.15) is 0 Å². The van der Waals surface area contributed by atoms with E-state index in [2.05, 4.69) is 4.98 Å². The summed E-state index contributed by atoms with van der Waals surface area (Å²) in [6.07, 6.45) is 0. The van der Waals surface area contributed by atoms with Gasteiger partial charge in [0.1, 0.15) is 11.6 Å². The van der Waals surface area contributed by atoms with E-state index >= 15 is 0 Å². The number of nitrogens with zero attached hydrogens (tertiary/aromatic N) is 2. The van der Waals surface area contributed by atoms with E-state index in [-0.39, 0.29) is 0 Å². The Labute approximate surface area is 54.5 Å². The molecule has 0 aliphatic heterocycles. The number of hydrogen-bond donors (Lipinski definition) is 1. The van der Waals surface area contributed by atoms with E-state index < -0.39 is 0 Å². The van der Waals surface area contributed by atoms with Gasteiger partial charge in [-0.15, -0.1) is 0 Å². The number of anilines is 1. The molecule has 0 atom stereocenters. The SMILES string of the molecule is Cc1nc(N)c(C)n1C. The lowest BCUT2D eigenvalue weighted by Gasteiger charge is -1.94. The first-order chi connectivity index (χ1) is 4.13. The van der Waals surface area contributed by atoms with Crippen LogP contribution in [0.1, 0.15) is 11.5 Å². The van der Waals surface area contributed by atoms with E-state index in [0.717, 1.165) is 11.5 Å². The van der Waals surface area contributed by atoms with Gasteiger partial charge >= 0.3 is 0 Å². The van der Waals surface area contributed by atoms with E-state index in [1.54, 1.807) is 0 Å². The highest BCUT2D eigenvalue weighted by Crippen LogP contribution is 2.08. The fraction of sp³-hybridized carbons (Fsp3) is 0.500. The zero-order chi connectivity index (χ0) is 7.02. The van der Waals surface area contributed by atoms with Crippen LogP contribution in [-0.2, 0) is 7.05 Å². The van der Waals surface area contributed by atoms with Crippen molar-refractivity contribution in [2.75, 3.05) is 5.73 Å². The molecule has 3 nitrogen and oxygen atoms in total. The van der Waals surface area contributed by atoms with Gasteiger partial charge in [-0.1, -0.05) is 0 Å². The molecule has 0 fully saturated rings. The smallest absolute Gasteiger partial charge is 0.144 e. The summed E-state index contributed by atoms with van der Waals surface area (Å²) in [5.74, 6) is 1.60. The summed E-state index contributed by atoms with van der Waals surface area (Å²) in [5.41, 5.74) is 6.54. The maximum absolute atomic E-state index is 5.51. The predicted molar refractivity (Wildman–Crippen MR) is 37.1 cm³/mol. The lowest BCUT2D eigenvalue weighted by molar-refractivity contribution is 0.827. The van der Waals surface area contributed by atoms with E-state index in [1.807, 2.05) is 25.5 Å². The Hall–Kier alpha value is -0.990. The molecule has 0 aromatic carbocycles. The number of nitrogens with two attached hydrogens (primary N) is 1. The van der Waals surface area contributed by atoms with Gasteiger partial charge in [0.05, 0.1) is 5.69 Å². The molecule has 0 saturated heterocycles. The Morgan fingerprint density at radius 1 is 1.44 bits per heavy atom. The van der Waals surface area contributed by atoms with Crippen molar-refractivity contribution >= 4 is 5.82 Å². The third kappa shape index (κ3) is 0.781. The van der Waals surface area contributed by atoms with Crippen molar-refractivity contribution in [3.63, 3.8) is 0 Å². The lowest BCUT2D eigenvalue weighted by Crippen LogP contribution is -1.93. The molecule has 0 radical (unpaired) electrons. The topological polar surface area (TPSA) is 43.8 Å². The number of hydrogen-bond acceptors (Lipinski definition) is 2. The standard InChI is InChI=1S/C6H11N3/c1-4-6(7)8-5(2)9(4)3/h7H2,1-3H3. The van der Waals surface area contributed by atoms with Gasteiger partial charge in [0.15, 0.2) is 0 Å². The molecule has 0 saturated carbocycles. The molecule has 0 unspecified atom stereocenters. The van der Waals surface area contributed by atoms with Crippen LogP contribution >= 0.6 is 0 Å². The molecule has 2 N–H and O–H groups in total. The van der Waals surface area contributed by atoms with Crippen LogP contribution in [0.25, 0.3) is 0 Å². The fourth-order valence-electron chi connectivity index (χ4n) is 0.745. The first-order valence-corrected chi connectivity index (χ1v) is 2.88. The van der Waals surface area contributed by atoms with Gasteiger partial charge in [0, 0.05) is 7.05 Å². The normalized spacial score (nSPS) is 10.1. The zero-order valence-electron chi connectivity index (χ0n) is 5.97. The van der Waals surface area contributed by atoms with Crippen LogP contribution in [0.15, 0.2) is 0 Å². The summed E-state index contributed by atoms with van der Waals surface area (Å²) < 4.78 is 1.97. The van der Waals surface area contributed by atoms with Gasteiger partial charge in [-0.05, 0) is 13.8 Å². The van der Waals surface area contributed by atoms with Crippen LogP contribution in [0.5, 0.6) is 0 Å². The molecule has 0 amide bonds. The molecule has 0 spiro atoms. The zero-order valence-corrected chi connectivity index (χ0v) is 5.97. The number of aryl methyl sites for hydroxylation is 1. The third-order valence-electron chi connectivity index (χ3n) is 1.64. The second-order valence-corrected chi connectivity index (χ2v) is 2.19. The summed E-state index contributed by atoms with van der Waals surface area (Å²) in [6, 6.07) is 0. The summed E-state index contributed by atoms with van der Waals surface area (Å²) >= 11 is 0. The van der Waals surface area contributed by atoms with E-state index in [0.29, 0.717) is 5.82 Å². The minimum atomic E-state index is 0.634. The molecule has 0 bridgehead atoms. The van der Waals surface area contributed by atoms with Gasteiger partial charge in [-0.3, -0.25) is 0 Å². The second kappa shape index (κ2) is 1.76. The molecular weight excluding hydrogens is 114 g/mol. The Bertz CT molecular complexity index is 202. The first-order valence-electron chi connectivity index (χ1n) is 2.88. The van der Waals surface area contributed by atoms with Crippen molar-refractivity contribution in [2.45, 2.75) is 13.8 Å².